The van der Waals surface area contributed by atoms with Crippen LogP contribution in [0.2, 0.25) is 0 Å². The van der Waals surface area contributed by atoms with Crippen molar-refractivity contribution >= 4 is 44.6 Å². The van der Waals surface area contributed by atoms with Crippen LogP contribution in [-0.2, 0) is 11.2 Å². The molecule has 0 saturated carbocycles. The van der Waals surface area contributed by atoms with E-state index in [0.717, 1.165) is 21.7 Å². The molecule has 0 aliphatic carbocycles. The van der Waals surface area contributed by atoms with E-state index in [9.17, 15) is 14.9 Å². The maximum absolute atomic E-state index is 12.4. The quantitative estimate of drug-likeness (QED) is 0.448. The fourth-order valence-electron chi connectivity index (χ4n) is 2.72. The third kappa shape index (κ3) is 2.83. The molecule has 7 nitrogen and oxygen atoms in total. The predicted molar refractivity (Wildman–Crippen MR) is 96.0 cm³/mol. The summed E-state index contributed by atoms with van der Waals surface area (Å²) in [4.78, 5) is 28.0. The molecule has 2 aromatic carbocycles. The van der Waals surface area contributed by atoms with Crippen LogP contribution < -0.4 is 5.32 Å². The lowest BCUT2D eigenvalue weighted by atomic mass is 10.2. The molecule has 0 fully saturated rings. The standard InChI is InChI=1S/C17H12N4O3S/c22-16(18-11-4-3-5-12(8-11)21(23)24)9-13-10-25-17-19-14-6-1-2-7-15(14)20(13)17/h1-8,10H,9H2,(H,18,22). The maximum atomic E-state index is 12.4. The number of nitro benzene ring substituents is 1. The number of nitrogens with one attached hydrogen (secondary N) is 1. The summed E-state index contributed by atoms with van der Waals surface area (Å²) in [5.41, 5.74) is 3.01. The van der Waals surface area contributed by atoms with Gasteiger partial charge in [0.25, 0.3) is 5.69 Å². The van der Waals surface area contributed by atoms with E-state index in [1.807, 2.05) is 34.0 Å². The van der Waals surface area contributed by atoms with Crippen LogP contribution in [-0.4, -0.2) is 20.2 Å². The number of rotatable bonds is 4. The van der Waals surface area contributed by atoms with Crippen LogP contribution in [0.4, 0.5) is 11.4 Å². The molecule has 124 valence electrons. The van der Waals surface area contributed by atoms with Gasteiger partial charge in [0.05, 0.1) is 22.4 Å². The van der Waals surface area contributed by atoms with E-state index in [1.54, 1.807) is 12.1 Å². The Hall–Kier alpha value is -3.26. The minimum absolute atomic E-state index is 0.0590. The Morgan fingerprint density at radius 2 is 2.08 bits per heavy atom. The summed E-state index contributed by atoms with van der Waals surface area (Å²) in [7, 11) is 0. The fraction of sp³-hybridized carbons (Fsp3) is 0.0588. The van der Waals surface area contributed by atoms with E-state index in [-0.39, 0.29) is 18.0 Å². The summed E-state index contributed by atoms with van der Waals surface area (Å²) in [6.07, 6.45) is 0.156. The van der Waals surface area contributed by atoms with Gasteiger partial charge in [-0.15, -0.1) is 11.3 Å². The molecule has 0 radical (unpaired) electrons. The Morgan fingerprint density at radius 1 is 1.24 bits per heavy atom. The minimum atomic E-state index is -0.490. The number of nitrogens with zero attached hydrogens (tertiary/aromatic N) is 3. The van der Waals surface area contributed by atoms with Crippen LogP contribution in [0.5, 0.6) is 0 Å². The Morgan fingerprint density at radius 3 is 2.92 bits per heavy atom. The number of amides is 1. The number of hydrogen-bond donors (Lipinski definition) is 1. The second-order valence-corrected chi connectivity index (χ2v) is 6.31. The van der Waals surface area contributed by atoms with Gasteiger partial charge >= 0.3 is 0 Å². The highest BCUT2D eigenvalue weighted by Gasteiger charge is 2.14. The number of nitro groups is 1. The molecule has 0 unspecified atom stereocenters. The summed E-state index contributed by atoms with van der Waals surface area (Å²) in [5.74, 6) is -0.238. The van der Waals surface area contributed by atoms with E-state index >= 15 is 0 Å². The Kier molecular flexibility index (Phi) is 3.66. The van der Waals surface area contributed by atoms with Gasteiger partial charge in [-0.25, -0.2) is 4.98 Å². The van der Waals surface area contributed by atoms with E-state index in [1.165, 1.54) is 23.5 Å². The first-order valence-corrected chi connectivity index (χ1v) is 8.37. The van der Waals surface area contributed by atoms with Crippen LogP contribution in [0.1, 0.15) is 5.69 Å². The van der Waals surface area contributed by atoms with Crippen LogP contribution in [0, 0.1) is 10.1 Å². The number of imidazole rings is 1. The first-order chi connectivity index (χ1) is 12.1. The molecule has 4 rings (SSSR count). The number of para-hydroxylation sites is 2. The molecule has 1 amide bonds. The van der Waals surface area contributed by atoms with Gasteiger partial charge in [-0.3, -0.25) is 19.3 Å². The normalized spacial score (nSPS) is 11.0. The smallest absolute Gasteiger partial charge is 0.271 e. The highest BCUT2D eigenvalue weighted by Crippen LogP contribution is 2.24. The van der Waals surface area contributed by atoms with Crippen molar-refractivity contribution in [3.63, 3.8) is 0 Å². The van der Waals surface area contributed by atoms with Gasteiger partial charge in [-0.2, -0.15) is 0 Å². The summed E-state index contributed by atoms with van der Waals surface area (Å²) >= 11 is 1.48. The van der Waals surface area contributed by atoms with Crippen LogP contribution in [0.25, 0.3) is 16.0 Å². The van der Waals surface area contributed by atoms with Crippen molar-refractivity contribution in [3.05, 3.63) is 69.7 Å². The monoisotopic (exact) mass is 352 g/mol. The molecule has 4 aromatic rings. The molecule has 0 aliphatic rings. The van der Waals surface area contributed by atoms with Crippen molar-refractivity contribution in [3.8, 4) is 0 Å². The fourth-order valence-corrected chi connectivity index (χ4v) is 3.62. The Balaban J connectivity index is 1.60. The molecule has 1 N–H and O–H groups in total. The van der Waals surface area contributed by atoms with Gasteiger partial charge in [0.15, 0.2) is 4.96 Å². The van der Waals surface area contributed by atoms with Crippen molar-refractivity contribution in [2.24, 2.45) is 0 Å². The lowest BCUT2D eigenvalue weighted by Gasteiger charge is -2.05. The molecule has 25 heavy (non-hydrogen) atoms. The lowest BCUT2D eigenvalue weighted by Crippen LogP contribution is -2.15. The second-order valence-electron chi connectivity index (χ2n) is 5.48. The van der Waals surface area contributed by atoms with Crippen molar-refractivity contribution in [2.45, 2.75) is 6.42 Å². The van der Waals surface area contributed by atoms with Crippen LogP contribution >= 0.6 is 11.3 Å². The third-order valence-electron chi connectivity index (χ3n) is 3.80. The molecule has 0 aliphatic heterocycles. The van der Waals surface area contributed by atoms with Gasteiger partial charge in [-0.05, 0) is 18.2 Å². The number of thiazole rings is 1. The van der Waals surface area contributed by atoms with E-state index in [4.69, 9.17) is 0 Å². The first kappa shape index (κ1) is 15.3. The van der Waals surface area contributed by atoms with Gasteiger partial charge in [0.2, 0.25) is 5.91 Å². The minimum Gasteiger partial charge on any atom is -0.326 e. The largest absolute Gasteiger partial charge is 0.326 e. The first-order valence-electron chi connectivity index (χ1n) is 7.50. The highest BCUT2D eigenvalue weighted by atomic mass is 32.1. The zero-order valence-electron chi connectivity index (χ0n) is 12.9. The van der Waals surface area contributed by atoms with E-state index < -0.39 is 4.92 Å². The Labute approximate surface area is 145 Å². The summed E-state index contributed by atoms with van der Waals surface area (Å²) in [6.45, 7) is 0. The molecule has 2 heterocycles. The summed E-state index contributed by atoms with van der Waals surface area (Å²) in [6, 6.07) is 13.6. The van der Waals surface area contributed by atoms with Crippen molar-refractivity contribution in [1.29, 1.82) is 0 Å². The topological polar surface area (TPSA) is 89.5 Å². The second kappa shape index (κ2) is 5.99. The zero-order valence-corrected chi connectivity index (χ0v) is 13.7. The molecule has 0 atom stereocenters. The number of hydrogen-bond acceptors (Lipinski definition) is 5. The van der Waals surface area contributed by atoms with E-state index in [2.05, 4.69) is 10.3 Å². The number of carbonyl (C=O) groups excluding carboxylic acids is 1. The zero-order chi connectivity index (χ0) is 17.4. The summed E-state index contributed by atoms with van der Waals surface area (Å²) in [5, 5.41) is 15.4. The maximum Gasteiger partial charge on any atom is 0.271 e. The van der Waals surface area contributed by atoms with Gasteiger partial charge in [0.1, 0.15) is 0 Å². The third-order valence-corrected chi connectivity index (χ3v) is 4.67. The van der Waals surface area contributed by atoms with E-state index in [0.29, 0.717) is 5.69 Å². The number of carbonyl (C=O) groups is 1. The SMILES string of the molecule is O=C(Cc1csc2nc3ccccc3n12)Nc1cccc([N+](=O)[O-])c1. The number of benzene rings is 2. The van der Waals surface area contributed by atoms with Crippen molar-refractivity contribution in [1.82, 2.24) is 9.38 Å². The van der Waals surface area contributed by atoms with Crippen LogP contribution in [0.3, 0.4) is 0 Å². The number of non-ortho nitro benzene ring substituents is 1. The van der Waals surface area contributed by atoms with Crippen LogP contribution in [0.15, 0.2) is 53.9 Å². The number of anilines is 1. The average molecular weight is 352 g/mol. The number of aromatic nitrogens is 2. The molecule has 2 aromatic heterocycles. The Bertz CT molecular complexity index is 1120. The molecule has 8 heteroatoms. The molecule has 0 spiro atoms. The molecular formula is C17H12N4O3S. The van der Waals surface area contributed by atoms with Gasteiger partial charge < -0.3 is 5.32 Å². The lowest BCUT2D eigenvalue weighted by molar-refractivity contribution is -0.384. The number of fused-ring (bicyclic) bond motifs is 3. The van der Waals surface area contributed by atoms with Gasteiger partial charge in [0, 0.05) is 28.9 Å². The molecule has 0 bridgehead atoms. The van der Waals surface area contributed by atoms with Crippen molar-refractivity contribution in [2.75, 3.05) is 5.32 Å². The molecule has 0 saturated heterocycles. The highest BCUT2D eigenvalue weighted by molar-refractivity contribution is 7.15. The van der Waals surface area contributed by atoms with Crippen molar-refractivity contribution < 1.29 is 9.72 Å². The predicted octanol–water partition coefficient (Wildman–Crippen LogP) is 3.64. The molecular weight excluding hydrogens is 340 g/mol. The van der Waals surface area contributed by atoms with Gasteiger partial charge in [-0.1, -0.05) is 18.2 Å². The average Bonchev–Trinajstić information content (AvgIpc) is 3.15. The summed E-state index contributed by atoms with van der Waals surface area (Å²) < 4.78 is 1.97.